The van der Waals surface area contributed by atoms with Gasteiger partial charge in [0.2, 0.25) is 11.8 Å². The highest BCUT2D eigenvalue weighted by Crippen LogP contribution is 2.27. The van der Waals surface area contributed by atoms with Gasteiger partial charge in [-0.3, -0.25) is 19.5 Å². The molecular formula is C28H48F2N8O2. The van der Waals surface area contributed by atoms with E-state index in [9.17, 15) is 14.0 Å². The SMILES string of the molecule is CCC1C/C=C(/F)CNC(C(C(=O)NC2C=NCC(F)C2N2CCC(C(=O)N3CCN[C@H](C)C3)CC2)C(N)N)C1. The van der Waals surface area contributed by atoms with Crippen LogP contribution in [-0.2, 0) is 9.59 Å². The number of alkyl halides is 1. The number of aliphatic imine (C=N–C) groups is 1. The van der Waals surface area contributed by atoms with Gasteiger partial charge in [-0.15, -0.1) is 0 Å². The topological polar surface area (TPSA) is 141 Å². The maximum atomic E-state index is 15.4. The molecule has 2 fully saturated rings. The summed E-state index contributed by atoms with van der Waals surface area (Å²) in [5.41, 5.74) is 12.2. The summed E-state index contributed by atoms with van der Waals surface area (Å²) in [5.74, 6) is -1.18. The molecule has 40 heavy (non-hydrogen) atoms. The van der Waals surface area contributed by atoms with E-state index in [1.54, 1.807) is 12.3 Å². The van der Waals surface area contributed by atoms with E-state index in [-0.39, 0.29) is 48.6 Å². The summed E-state index contributed by atoms with van der Waals surface area (Å²) in [5, 5.41) is 9.49. The number of hydrogen-bond donors (Lipinski definition) is 5. The molecule has 0 aromatic heterocycles. The number of piperidine rings is 1. The highest BCUT2D eigenvalue weighted by Gasteiger charge is 2.42. The number of likely N-dealkylation sites (tertiary alicyclic amines) is 1. The highest BCUT2D eigenvalue weighted by atomic mass is 19.1. The number of piperazine rings is 1. The largest absolute Gasteiger partial charge is 0.346 e. The van der Waals surface area contributed by atoms with Crippen molar-refractivity contribution in [2.45, 2.75) is 82.5 Å². The number of amides is 2. The Morgan fingerprint density at radius 2 is 1.98 bits per heavy atom. The number of hydrogen-bond acceptors (Lipinski definition) is 8. The third kappa shape index (κ3) is 7.64. The Hall–Kier alpha value is -1.99. The van der Waals surface area contributed by atoms with Crippen molar-refractivity contribution in [3.63, 3.8) is 0 Å². The van der Waals surface area contributed by atoms with Gasteiger partial charge in [0, 0.05) is 50.4 Å². The second-order valence-corrected chi connectivity index (χ2v) is 12.0. The molecule has 4 heterocycles. The number of nitrogens with one attached hydrogen (secondary N) is 3. The van der Waals surface area contributed by atoms with E-state index in [4.69, 9.17) is 11.5 Å². The average Bonchev–Trinajstić information content (AvgIpc) is 2.92. The van der Waals surface area contributed by atoms with E-state index in [0.29, 0.717) is 51.9 Å². The molecule has 4 aliphatic rings. The molecule has 0 saturated carbocycles. The maximum absolute atomic E-state index is 15.4. The molecule has 0 aliphatic carbocycles. The predicted octanol–water partition coefficient (Wildman–Crippen LogP) is 0.286. The normalized spacial score (nSPS) is 35.0. The summed E-state index contributed by atoms with van der Waals surface area (Å²) in [6, 6.07) is -1.40. The first-order valence-electron chi connectivity index (χ1n) is 15.0. The van der Waals surface area contributed by atoms with Crippen molar-refractivity contribution in [2.75, 3.05) is 45.8 Å². The molecule has 4 aliphatic heterocycles. The summed E-state index contributed by atoms with van der Waals surface area (Å²) in [6.45, 7) is 7.52. The molecule has 12 heteroatoms. The van der Waals surface area contributed by atoms with Crippen LogP contribution in [0.15, 0.2) is 16.9 Å². The minimum atomic E-state index is -1.26. The molecule has 0 bridgehead atoms. The standard InChI is InChI=1S/C28H48F2N8O2/c1-3-18-4-5-20(29)13-35-22(12-18)24(26(31)32)27(39)36-23-15-33-14-21(30)25(23)37-9-6-19(7-10-37)28(40)38-11-8-34-17(2)16-38/h5,15,17-19,21-26,34-35H,3-4,6-14,16,31-32H2,1-2H3,(H,36,39)/b20-5+/t17-,18?,21?,22?,23?,24?,25?/m1/s1. The number of nitrogens with zero attached hydrogens (tertiary/aromatic N) is 3. The average molecular weight is 567 g/mol. The van der Waals surface area contributed by atoms with Crippen LogP contribution in [0.1, 0.15) is 46.0 Å². The van der Waals surface area contributed by atoms with E-state index >= 15 is 4.39 Å². The first kappa shape index (κ1) is 31.0. The second kappa shape index (κ2) is 14.3. The lowest BCUT2D eigenvalue weighted by molar-refractivity contribution is -0.138. The van der Waals surface area contributed by atoms with E-state index in [1.807, 2.05) is 16.7 Å². The van der Waals surface area contributed by atoms with Crippen LogP contribution in [0, 0.1) is 17.8 Å². The summed E-state index contributed by atoms with van der Waals surface area (Å²) >= 11 is 0. The number of nitrogens with two attached hydrogens (primary N) is 2. The van der Waals surface area contributed by atoms with Gasteiger partial charge in [-0.2, -0.15) is 0 Å². The fourth-order valence-corrected chi connectivity index (χ4v) is 6.74. The van der Waals surface area contributed by atoms with Crippen LogP contribution >= 0.6 is 0 Å². The number of rotatable bonds is 7. The molecule has 226 valence electrons. The molecule has 0 spiro atoms. The van der Waals surface area contributed by atoms with Crippen LogP contribution in [0.25, 0.3) is 0 Å². The lowest BCUT2D eigenvalue weighted by atomic mass is 9.84. The quantitative estimate of drug-likeness (QED) is 0.279. The van der Waals surface area contributed by atoms with E-state index in [2.05, 4.69) is 27.9 Å². The third-order valence-corrected chi connectivity index (χ3v) is 9.10. The molecule has 7 atom stereocenters. The summed E-state index contributed by atoms with van der Waals surface area (Å²) < 4.78 is 29.6. The van der Waals surface area contributed by atoms with Crippen molar-refractivity contribution in [2.24, 2.45) is 34.2 Å². The Labute approximate surface area is 236 Å². The molecule has 10 nitrogen and oxygen atoms in total. The number of carbonyl (C=O) groups is 2. The van der Waals surface area contributed by atoms with Gasteiger partial charge in [0.15, 0.2) is 0 Å². The van der Waals surface area contributed by atoms with Gasteiger partial charge in [0.25, 0.3) is 0 Å². The van der Waals surface area contributed by atoms with Crippen molar-refractivity contribution >= 4 is 18.0 Å². The summed E-state index contributed by atoms with van der Waals surface area (Å²) in [6.07, 6.45) is 4.34. The zero-order valence-electron chi connectivity index (χ0n) is 23.9. The smallest absolute Gasteiger partial charge is 0.228 e. The van der Waals surface area contributed by atoms with Crippen molar-refractivity contribution in [3.8, 4) is 0 Å². The van der Waals surface area contributed by atoms with Crippen LogP contribution in [0.2, 0.25) is 0 Å². The van der Waals surface area contributed by atoms with Gasteiger partial charge in [-0.05, 0) is 51.6 Å². The van der Waals surface area contributed by atoms with Gasteiger partial charge in [-0.25, -0.2) is 8.78 Å². The lowest BCUT2D eigenvalue weighted by Gasteiger charge is -2.44. The zero-order chi connectivity index (χ0) is 28.8. The Balaban J connectivity index is 1.40. The van der Waals surface area contributed by atoms with Crippen molar-refractivity contribution in [1.29, 1.82) is 0 Å². The van der Waals surface area contributed by atoms with Crippen LogP contribution in [0.5, 0.6) is 0 Å². The first-order valence-corrected chi connectivity index (χ1v) is 15.0. The second-order valence-electron chi connectivity index (χ2n) is 12.0. The van der Waals surface area contributed by atoms with Crippen LogP contribution in [-0.4, -0.2) is 110 Å². The molecule has 7 N–H and O–H groups in total. The van der Waals surface area contributed by atoms with Gasteiger partial charge in [0.05, 0.1) is 30.7 Å². The summed E-state index contributed by atoms with van der Waals surface area (Å²) in [7, 11) is 0. The minimum Gasteiger partial charge on any atom is -0.346 e. The van der Waals surface area contributed by atoms with Crippen molar-refractivity contribution < 1.29 is 18.4 Å². The van der Waals surface area contributed by atoms with Gasteiger partial charge in [-0.1, -0.05) is 19.4 Å². The lowest BCUT2D eigenvalue weighted by Crippen LogP contribution is -2.64. The van der Waals surface area contributed by atoms with E-state index in [0.717, 1.165) is 13.0 Å². The molecule has 2 saturated heterocycles. The van der Waals surface area contributed by atoms with Gasteiger partial charge in [0.1, 0.15) is 12.0 Å². The highest BCUT2D eigenvalue weighted by molar-refractivity contribution is 5.84. The molecule has 2 amide bonds. The zero-order valence-corrected chi connectivity index (χ0v) is 23.9. The summed E-state index contributed by atoms with van der Waals surface area (Å²) in [4.78, 5) is 34.9. The number of carbonyl (C=O) groups excluding carboxylic acids is 2. The Bertz CT molecular complexity index is 926. The van der Waals surface area contributed by atoms with Crippen LogP contribution in [0.4, 0.5) is 8.78 Å². The Morgan fingerprint density at radius 1 is 1.23 bits per heavy atom. The minimum absolute atomic E-state index is 0.0121. The third-order valence-electron chi connectivity index (χ3n) is 9.10. The fourth-order valence-electron chi connectivity index (χ4n) is 6.74. The van der Waals surface area contributed by atoms with Crippen molar-refractivity contribution in [1.82, 2.24) is 25.8 Å². The van der Waals surface area contributed by atoms with E-state index in [1.165, 1.54) is 0 Å². The predicted molar refractivity (Wildman–Crippen MR) is 152 cm³/mol. The molecular weight excluding hydrogens is 518 g/mol. The molecule has 4 rings (SSSR count). The van der Waals surface area contributed by atoms with Gasteiger partial charge < -0.3 is 32.3 Å². The maximum Gasteiger partial charge on any atom is 0.228 e. The van der Waals surface area contributed by atoms with Crippen LogP contribution < -0.4 is 27.4 Å². The molecule has 6 unspecified atom stereocenters. The van der Waals surface area contributed by atoms with Gasteiger partial charge >= 0.3 is 0 Å². The van der Waals surface area contributed by atoms with E-state index < -0.39 is 36.4 Å². The number of halogens is 2. The molecule has 0 aromatic carbocycles. The first-order chi connectivity index (χ1) is 19.2. The monoisotopic (exact) mass is 566 g/mol. The Morgan fingerprint density at radius 3 is 2.65 bits per heavy atom. The Kier molecular flexibility index (Phi) is 11.0. The molecule has 0 aromatic rings. The molecule has 0 radical (unpaired) electrons. The fraction of sp³-hybridized carbons (Fsp3) is 0.821. The van der Waals surface area contributed by atoms with Crippen molar-refractivity contribution in [3.05, 3.63) is 11.9 Å². The van der Waals surface area contributed by atoms with Crippen LogP contribution in [0.3, 0.4) is 0 Å². The number of allylic oxidation sites excluding steroid dienone is 1.